The summed E-state index contributed by atoms with van der Waals surface area (Å²) in [7, 11) is 0. The standard InChI is InChI=1S/C21H20N6O3S/c28-19(13-31-21-24-15-5-1-2-6-17(15)29-21)27-9-3-4-14(12-27)10-18-25-20(26-30-18)16-11-22-7-8-23-16/h1-2,5-8,11,14H,3-4,9-10,12-13H2. The lowest BCUT2D eigenvalue weighted by Crippen LogP contribution is -2.41. The lowest BCUT2D eigenvalue weighted by molar-refractivity contribution is -0.130. The maximum Gasteiger partial charge on any atom is 0.257 e. The zero-order chi connectivity index (χ0) is 21.0. The molecule has 5 rings (SSSR count). The smallest absolute Gasteiger partial charge is 0.257 e. The molecule has 0 radical (unpaired) electrons. The van der Waals surface area contributed by atoms with Crippen LogP contribution in [0.3, 0.4) is 0 Å². The van der Waals surface area contributed by atoms with E-state index < -0.39 is 0 Å². The van der Waals surface area contributed by atoms with Crippen molar-refractivity contribution in [2.45, 2.75) is 24.5 Å². The second-order valence-electron chi connectivity index (χ2n) is 7.39. The van der Waals surface area contributed by atoms with Crippen molar-refractivity contribution in [2.75, 3.05) is 18.8 Å². The molecule has 10 heteroatoms. The first-order valence-corrected chi connectivity index (χ1v) is 11.1. The normalized spacial score (nSPS) is 16.6. The van der Waals surface area contributed by atoms with Crippen LogP contribution in [0, 0.1) is 5.92 Å². The molecule has 31 heavy (non-hydrogen) atoms. The Balaban J connectivity index is 1.16. The Morgan fingerprint density at radius 1 is 1.23 bits per heavy atom. The molecule has 9 nitrogen and oxygen atoms in total. The molecule has 1 amide bonds. The number of benzene rings is 1. The summed E-state index contributed by atoms with van der Waals surface area (Å²) in [5.74, 6) is 1.66. The highest BCUT2D eigenvalue weighted by atomic mass is 32.2. The van der Waals surface area contributed by atoms with E-state index in [-0.39, 0.29) is 11.8 Å². The average molecular weight is 436 g/mol. The molecule has 1 aliphatic rings. The quantitative estimate of drug-likeness (QED) is 0.420. The molecule has 0 bridgehead atoms. The van der Waals surface area contributed by atoms with Crippen LogP contribution in [0.2, 0.25) is 0 Å². The molecule has 1 unspecified atom stereocenters. The molecule has 1 saturated heterocycles. The van der Waals surface area contributed by atoms with E-state index >= 15 is 0 Å². The summed E-state index contributed by atoms with van der Waals surface area (Å²) in [6.45, 7) is 1.44. The van der Waals surface area contributed by atoms with Gasteiger partial charge in [-0.3, -0.25) is 9.78 Å². The van der Waals surface area contributed by atoms with Crippen LogP contribution >= 0.6 is 11.8 Å². The Hall–Kier alpha value is -3.27. The molecule has 1 aliphatic heterocycles. The Morgan fingerprint density at radius 2 is 2.16 bits per heavy atom. The van der Waals surface area contributed by atoms with Crippen molar-refractivity contribution in [2.24, 2.45) is 5.92 Å². The number of oxazole rings is 1. The summed E-state index contributed by atoms with van der Waals surface area (Å²) in [6.07, 6.45) is 7.40. The van der Waals surface area contributed by atoms with Gasteiger partial charge in [-0.1, -0.05) is 29.1 Å². The van der Waals surface area contributed by atoms with E-state index in [1.54, 1.807) is 18.6 Å². The molecule has 3 aromatic heterocycles. The zero-order valence-corrected chi connectivity index (χ0v) is 17.5. The van der Waals surface area contributed by atoms with Gasteiger partial charge in [-0.05, 0) is 30.9 Å². The molecule has 0 aliphatic carbocycles. The Bertz CT molecular complexity index is 1150. The van der Waals surface area contributed by atoms with E-state index in [9.17, 15) is 4.79 Å². The number of carbonyl (C=O) groups is 1. The molecule has 1 fully saturated rings. The van der Waals surface area contributed by atoms with Crippen molar-refractivity contribution in [1.82, 2.24) is 30.0 Å². The van der Waals surface area contributed by atoms with Crippen LogP contribution < -0.4 is 0 Å². The summed E-state index contributed by atoms with van der Waals surface area (Å²) < 4.78 is 11.1. The number of carbonyl (C=O) groups excluding carboxylic acids is 1. The van der Waals surface area contributed by atoms with E-state index in [0.717, 1.165) is 30.5 Å². The minimum Gasteiger partial charge on any atom is -0.431 e. The number of likely N-dealkylation sites (tertiary alicyclic amines) is 1. The maximum atomic E-state index is 12.7. The molecule has 4 heterocycles. The number of amides is 1. The van der Waals surface area contributed by atoms with Gasteiger partial charge in [-0.15, -0.1) is 0 Å². The van der Waals surface area contributed by atoms with Gasteiger partial charge in [0.1, 0.15) is 11.2 Å². The van der Waals surface area contributed by atoms with Crippen molar-refractivity contribution in [3.63, 3.8) is 0 Å². The fourth-order valence-electron chi connectivity index (χ4n) is 3.69. The third-order valence-electron chi connectivity index (χ3n) is 5.19. The summed E-state index contributed by atoms with van der Waals surface area (Å²) in [5.41, 5.74) is 2.11. The van der Waals surface area contributed by atoms with Crippen molar-refractivity contribution >= 4 is 28.8 Å². The monoisotopic (exact) mass is 436 g/mol. The Morgan fingerprint density at radius 3 is 3.03 bits per heavy atom. The third-order valence-corrected chi connectivity index (χ3v) is 6.00. The molecule has 4 aromatic rings. The Labute approximate surface area is 182 Å². The van der Waals surface area contributed by atoms with Crippen LogP contribution in [0.1, 0.15) is 18.7 Å². The number of aromatic nitrogens is 5. The second-order valence-corrected chi connectivity index (χ2v) is 8.32. The van der Waals surface area contributed by atoms with Gasteiger partial charge in [0.05, 0.1) is 11.9 Å². The highest BCUT2D eigenvalue weighted by Crippen LogP contribution is 2.25. The van der Waals surface area contributed by atoms with Gasteiger partial charge in [0.2, 0.25) is 17.6 Å². The van der Waals surface area contributed by atoms with Crippen molar-refractivity contribution < 1.29 is 13.7 Å². The van der Waals surface area contributed by atoms with Crippen LogP contribution in [0.15, 0.2) is 57.0 Å². The summed E-state index contributed by atoms with van der Waals surface area (Å²) in [4.78, 5) is 31.7. The largest absolute Gasteiger partial charge is 0.431 e. The van der Waals surface area contributed by atoms with Gasteiger partial charge in [0.25, 0.3) is 5.22 Å². The number of fused-ring (bicyclic) bond motifs is 1. The van der Waals surface area contributed by atoms with Gasteiger partial charge in [0.15, 0.2) is 5.58 Å². The summed E-state index contributed by atoms with van der Waals surface area (Å²) in [6, 6.07) is 7.59. The third kappa shape index (κ3) is 4.58. The first-order chi connectivity index (χ1) is 15.2. The fourth-order valence-corrected chi connectivity index (χ4v) is 4.43. The maximum absolute atomic E-state index is 12.7. The van der Waals surface area contributed by atoms with Gasteiger partial charge in [-0.2, -0.15) is 4.98 Å². The molecule has 0 saturated carbocycles. The van der Waals surface area contributed by atoms with Gasteiger partial charge in [0, 0.05) is 31.9 Å². The van der Waals surface area contributed by atoms with E-state index in [2.05, 4.69) is 25.1 Å². The topological polar surface area (TPSA) is 111 Å². The highest BCUT2D eigenvalue weighted by Gasteiger charge is 2.26. The molecule has 0 N–H and O–H groups in total. The van der Waals surface area contributed by atoms with E-state index in [4.69, 9.17) is 8.94 Å². The number of hydrogen-bond donors (Lipinski definition) is 0. The van der Waals surface area contributed by atoms with Crippen molar-refractivity contribution in [1.29, 1.82) is 0 Å². The minimum atomic E-state index is 0.0859. The lowest BCUT2D eigenvalue weighted by atomic mass is 9.95. The Kier molecular flexibility index (Phi) is 5.61. The van der Waals surface area contributed by atoms with Crippen LogP contribution in [0.25, 0.3) is 22.6 Å². The van der Waals surface area contributed by atoms with Crippen LogP contribution in [0.5, 0.6) is 0 Å². The first kappa shape index (κ1) is 19.7. The molecule has 1 aromatic carbocycles. The summed E-state index contributed by atoms with van der Waals surface area (Å²) >= 11 is 1.33. The van der Waals surface area contributed by atoms with Crippen molar-refractivity contribution in [3.8, 4) is 11.5 Å². The van der Waals surface area contributed by atoms with Crippen LogP contribution in [-0.4, -0.2) is 54.7 Å². The van der Waals surface area contributed by atoms with Crippen LogP contribution in [-0.2, 0) is 11.2 Å². The summed E-state index contributed by atoms with van der Waals surface area (Å²) in [5, 5.41) is 4.52. The van der Waals surface area contributed by atoms with E-state index in [1.807, 2.05) is 29.2 Å². The van der Waals surface area contributed by atoms with Crippen molar-refractivity contribution in [3.05, 3.63) is 48.7 Å². The number of piperidine rings is 1. The zero-order valence-electron chi connectivity index (χ0n) is 16.7. The number of hydrogen-bond acceptors (Lipinski definition) is 9. The molecule has 0 spiro atoms. The van der Waals surface area contributed by atoms with Gasteiger partial charge in [-0.25, -0.2) is 9.97 Å². The minimum absolute atomic E-state index is 0.0859. The lowest BCUT2D eigenvalue weighted by Gasteiger charge is -2.32. The average Bonchev–Trinajstić information content (AvgIpc) is 3.45. The number of nitrogens with zero attached hydrogens (tertiary/aromatic N) is 6. The molecule has 158 valence electrons. The second kappa shape index (κ2) is 8.84. The van der Waals surface area contributed by atoms with E-state index in [1.165, 1.54) is 11.8 Å². The van der Waals surface area contributed by atoms with Gasteiger partial charge >= 0.3 is 0 Å². The number of para-hydroxylation sites is 2. The van der Waals surface area contributed by atoms with Gasteiger partial charge < -0.3 is 13.8 Å². The molecular formula is C21H20N6O3S. The fraction of sp³-hybridized carbons (Fsp3) is 0.333. The number of rotatable bonds is 6. The predicted molar refractivity (Wildman–Crippen MR) is 113 cm³/mol. The highest BCUT2D eigenvalue weighted by molar-refractivity contribution is 7.99. The number of thioether (sulfide) groups is 1. The van der Waals surface area contributed by atoms with E-state index in [0.29, 0.717) is 41.4 Å². The molecule has 1 atom stereocenters. The molecular weight excluding hydrogens is 416 g/mol. The predicted octanol–water partition coefficient (Wildman–Crippen LogP) is 3.24. The SMILES string of the molecule is O=C(CSc1nc2ccccc2o1)N1CCCC(Cc2nc(-c3cnccn3)no2)C1. The van der Waals surface area contributed by atoms with Crippen LogP contribution in [0.4, 0.5) is 0 Å². The first-order valence-electron chi connectivity index (χ1n) is 10.1.